The second-order valence-electron chi connectivity index (χ2n) is 5.18. The first kappa shape index (κ1) is 18.1. The number of rotatable bonds is 6. The van der Waals surface area contributed by atoms with E-state index >= 15 is 0 Å². The van der Waals surface area contributed by atoms with E-state index in [9.17, 15) is 18.0 Å². The number of hydrogen-bond acceptors (Lipinski definition) is 4. The first-order chi connectivity index (χ1) is 10.0. The standard InChI is InChI=1S/C14H20N2O5S/c1-8-5-9(2)13(10(3)6-8)22(20,21)16-12(14(18)19)7-15-11(4)17/h5-6,12,16H,7H2,1-4H3,(H,15,17)(H,18,19)/t12-/m1/s1. The molecule has 0 aliphatic heterocycles. The molecule has 1 rings (SSSR count). The van der Waals surface area contributed by atoms with Crippen LogP contribution in [0.1, 0.15) is 23.6 Å². The Balaban J connectivity index is 3.13. The van der Waals surface area contributed by atoms with E-state index in [-0.39, 0.29) is 11.4 Å². The predicted octanol–water partition coefficient (Wildman–Crippen LogP) is 0.479. The van der Waals surface area contributed by atoms with Crippen LogP contribution < -0.4 is 10.0 Å². The summed E-state index contributed by atoms with van der Waals surface area (Å²) in [5, 5.41) is 11.4. The van der Waals surface area contributed by atoms with Gasteiger partial charge < -0.3 is 10.4 Å². The lowest BCUT2D eigenvalue weighted by Gasteiger charge is -2.18. The molecule has 0 saturated heterocycles. The van der Waals surface area contributed by atoms with E-state index in [0.29, 0.717) is 11.1 Å². The third-order valence-corrected chi connectivity index (χ3v) is 4.80. The normalized spacial score (nSPS) is 12.7. The molecule has 1 atom stereocenters. The van der Waals surface area contributed by atoms with Crippen LogP contribution in [0.3, 0.4) is 0 Å². The van der Waals surface area contributed by atoms with Gasteiger partial charge >= 0.3 is 5.97 Å². The Hall–Kier alpha value is -1.93. The van der Waals surface area contributed by atoms with Crippen molar-refractivity contribution in [2.24, 2.45) is 0 Å². The Kier molecular flexibility index (Phi) is 5.67. The molecular weight excluding hydrogens is 308 g/mol. The van der Waals surface area contributed by atoms with Crippen molar-refractivity contribution >= 4 is 21.9 Å². The topological polar surface area (TPSA) is 113 Å². The molecule has 0 spiro atoms. The van der Waals surface area contributed by atoms with Crippen molar-refractivity contribution in [2.75, 3.05) is 6.54 Å². The van der Waals surface area contributed by atoms with Gasteiger partial charge in [0, 0.05) is 13.5 Å². The Morgan fingerprint density at radius 1 is 1.18 bits per heavy atom. The van der Waals surface area contributed by atoms with Gasteiger partial charge in [0.15, 0.2) is 0 Å². The number of nitrogens with one attached hydrogen (secondary N) is 2. The maximum atomic E-state index is 12.5. The molecule has 8 heteroatoms. The fourth-order valence-corrected chi connectivity index (χ4v) is 3.90. The maximum absolute atomic E-state index is 12.5. The summed E-state index contributed by atoms with van der Waals surface area (Å²) in [5.74, 6) is -1.80. The van der Waals surface area contributed by atoms with Gasteiger partial charge in [-0.1, -0.05) is 17.7 Å². The Bertz CT molecular complexity index is 674. The van der Waals surface area contributed by atoms with Gasteiger partial charge in [-0.05, 0) is 31.9 Å². The number of sulfonamides is 1. The summed E-state index contributed by atoms with van der Waals surface area (Å²) in [6.45, 7) is 6.05. The van der Waals surface area contributed by atoms with Gasteiger partial charge in [-0.15, -0.1) is 0 Å². The minimum absolute atomic E-state index is 0.0622. The highest BCUT2D eigenvalue weighted by Gasteiger charge is 2.27. The molecule has 1 aromatic carbocycles. The Morgan fingerprint density at radius 3 is 2.09 bits per heavy atom. The minimum atomic E-state index is -4.01. The molecule has 122 valence electrons. The van der Waals surface area contributed by atoms with E-state index in [2.05, 4.69) is 10.0 Å². The zero-order valence-corrected chi connectivity index (χ0v) is 13.7. The number of carbonyl (C=O) groups excluding carboxylic acids is 1. The SMILES string of the molecule is CC(=O)NC[C@@H](NS(=O)(=O)c1c(C)cc(C)cc1C)C(=O)O. The molecule has 0 aromatic heterocycles. The van der Waals surface area contributed by atoms with Crippen molar-refractivity contribution in [3.63, 3.8) is 0 Å². The van der Waals surface area contributed by atoms with Crippen molar-refractivity contribution in [3.8, 4) is 0 Å². The summed E-state index contributed by atoms with van der Waals surface area (Å²) in [6, 6.07) is 1.99. The van der Waals surface area contributed by atoms with Gasteiger partial charge in [0.25, 0.3) is 0 Å². The number of amides is 1. The molecule has 22 heavy (non-hydrogen) atoms. The van der Waals surface area contributed by atoms with Crippen molar-refractivity contribution in [1.29, 1.82) is 0 Å². The van der Waals surface area contributed by atoms with Crippen LogP contribution in [0.4, 0.5) is 0 Å². The zero-order valence-electron chi connectivity index (χ0n) is 12.9. The Morgan fingerprint density at radius 2 is 1.68 bits per heavy atom. The lowest BCUT2D eigenvalue weighted by molar-refractivity contribution is -0.138. The van der Waals surface area contributed by atoms with Gasteiger partial charge in [-0.3, -0.25) is 9.59 Å². The highest BCUT2D eigenvalue weighted by molar-refractivity contribution is 7.89. The van der Waals surface area contributed by atoms with Crippen LogP contribution >= 0.6 is 0 Å². The molecule has 1 amide bonds. The molecule has 0 bridgehead atoms. The molecule has 0 aliphatic rings. The quantitative estimate of drug-likeness (QED) is 0.703. The molecule has 3 N–H and O–H groups in total. The van der Waals surface area contributed by atoms with Gasteiger partial charge in [-0.25, -0.2) is 8.42 Å². The van der Waals surface area contributed by atoms with Crippen molar-refractivity contribution in [3.05, 3.63) is 28.8 Å². The molecule has 0 fully saturated rings. The van der Waals surface area contributed by atoms with Gasteiger partial charge in [0.05, 0.1) is 4.90 Å². The van der Waals surface area contributed by atoms with Crippen molar-refractivity contribution in [2.45, 2.75) is 38.6 Å². The second-order valence-corrected chi connectivity index (χ2v) is 6.83. The van der Waals surface area contributed by atoms with Crippen molar-refractivity contribution < 1.29 is 23.1 Å². The number of carboxylic acid groups (broad SMARTS) is 1. The third kappa shape index (κ3) is 4.54. The second kappa shape index (κ2) is 6.89. The average Bonchev–Trinajstić information content (AvgIpc) is 2.31. The number of aryl methyl sites for hydroxylation is 3. The molecule has 0 unspecified atom stereocenters. The smallest absolute Gasteiger partial charge is 0.323 e. The van der Waals surface area contributed by atoms with Gasteiger partial charge in [0.1, 0.15) is 6.04 Å². The minimum Gasteiger partial charge on any atom is -0.480 e. The molecule has 0 heterocycles. The first-order valence-electron chi connectivity index (χ1n) is 6.62. The monoisotopic (exact) mass is 328 g/mol. The number of carboxylic acids is 1. The van der Waals surface area contributed by atoms with Crippen molar-refractivity contribution in [1.82, 2.24) is 10.0 Å². The molecule has 7 nitrogen and oxygen atoms in total. The summed E-state index contributed by atoms with van der Waals surface area (Å²) in [5.41, 5.74) is 1.99. The van der Waals surface area contributed by atoms with Crippen LogP contribution in [0.5, 0.6) is 0 Å². The lowest BCUT2D eigenvalue weighted by atomic mass is 10.1. The molecule has 0 aliphatic carbocycles. The summed E-state index contributed by atoms with van der Waals surface area (Å²) in [6.07, 6.45) is 0. The highest BCUT2D eigenvalue weighted by atomic mass is 32.2. The summed E-state index contributed by atoms with van der Waals surface area (Å²) >= 11 is 0. The van der Waals surface area contributed by atoms with E-state index in [1.807, 2.05) is 6.92 Å². The van der Waals surface area contributed by atoms with Crippen LogP contribution in [-0.2, 0) is 19.6 Å². The third-order valence-electron chi connectivity index (χ3n) is 3.02. The van der Waals surface area contributed by atoms with E-state index in [1.54, 1.807) is 26.0 Å². The maximum Gasteiger partial charge on any atom is 0.323 e. The number of carbonyl (C=O) groups is 2. The van der Waals surface area contributed by atoms with Crippen LogP contribution in [0.25, 0.3) is 0 Å². The molecule has 0 saturated carbocycles. The average molecular weight is 328 g/mol. The summed E-state index contributed by atoms with van der Waals surface area (Å²) in [4.78, 5) is 22.1. The number of hydrogen-bond donors (Lipinski definition) is 3. The van der Waals surface area contributed by atoms with Gasteiger partial charge in [0.2, 0.25) is 15.9 Å². The fraction of sp³-hybridized carbons (Fsp3) is 0.429. The number of benzene rings is 1. The molecule has 0 radical (unpaired) electrons. The van der Waals surface area contributed by atoms with E-state index in [0.717, 1.165) is 5.56 Å². The van der Waals surface area contributed by atoms with E-state index in [1.165, 1.54) is 6.92 Å². The fourth-order valence-electron chi connectivity index (χ4n) is 2.26. The predicted molar refractivity (Wildman–Crippen MR) is 81.1 cm³/mol. The van der Waals surface area contributed by atoms with E-state index in [4.69, 9.17) is 5.11 Å². The Labute approximate surface area is 129 Å². The molecule has 1 aromatic rings. The van der Waals surface area contributed by atoms with Crippen LogP contribution in [0.2, 0.25) is 0 Å². The largest absolute Gasteiger partial charge is 0.480 e. The van der Waals surface area contributed by atoms with E-state index < -0.39 is 27.9 Å². The highest BCUT2D eigenvalue weighted by Crippen LogP contribution is 2.21. The molecular formula is C14H20N2O5S. The van der Waals surface area contributed by atoms with Gasteiger partial charge in [-0.2, -0.15) is 4.72 Å². The van der Waals surface area contributed by atoms with Crippen LogP contribution in [0.15, 0.2) is 17.0 Å². The zero-order chi connectivity index (χ0) is 17.1. The number of aliphatic carboxylic acids is 1. The van der Waals surface area contributed by atoms with Crippen LogP contribution in [-0.4, -0.2) is 38.0 Å². The first-order valence-corrected chi connectivity index (χ1v) is 8.10. The summed E-state index contributed by atoms with van der Waals surface area (Å²) in [7, 11) is -4.01. The lowest BCUT2D eigenvalue weighted by Crippen LogP contribution is -2.48. The summed E-state index contributed by atoms with van der Waals surface area (Å²) < 4.78 is 27.0. The van der Waals surface area contributed by atoms with Crippen LogP contribution in [0, 0.1) is 20.8 Å².